The van der Waals surface area contributed by atoms with Gasteiger partial charge < -0.3 is 19.6 Å². The first-order chi connectivity index (χ1) is 20.7. The fourth-order valence-electron chi connectivity index (χ4n) is 7.14. The summed E-state index contributed by atoms with van der Waals surface area (Å²) in [6.45, 7) is 2.63. The second kappa shape index (κ2) is 11.6. The zero-order chi connectivity index (χ0) is 30.4. The highest BCUT2D eigenvalue weighted by atomic mass is 35.5. The second-order valence-corrected chi connectivity index (χ2v) is 12.2. The number of amides is 4. The Hall–Kier alpha value is -3.92. The van der Waals surface area contributed by atoms with Crippen LogP contribution in [0.1, 0.15) is 76.9 Å². The predicted octanol–water partition coefficient (Wildman–Crippen LogP) is 3.95. The van der Waals surface area contributed by atoms with Crippen LogP contribution in [0, 0.1) is 11.8 Å². The maximum absolute atomic E-state index is 14.3. The van der Waals surface area contributed by atoms with Crippen LogP contribution in [0.3, 0.4) is 0 Å². The number of ether oxygens (including phenoxy) is 1. The fraction of sp³-hybridized carbons (Fsp3) is 0.469. The number of halogens is 1. The van der Waals surface area contributed by atoms with Crippen molar-refractivity contribution in [2.45, 2.75) is 57.6 Å². The van der Waals surface area contributed by atoms with Crippen molar-refractivity contribution < 1.29 is 33.8 Å². The summed E-state index contributed by atoms with van der Waals surface area (Å²) < 4.78 is 6.48. The minimum absolute atomic E-state index is 0.0371. The molecule has 0 spiro atoms. The molecule has 226 valence electrons. The number of nitrogens with zero attached hydrogens (tertiary/aromatic N) is 3. The summed E-state index contributed by atoms with van der Waals surface area (Å²) >= 11 is 6.71. The lowest BCUT2D eigenvalue weighted by molar-refractivity contribution is -0.153. The van der Waals surface area contributed by atoms with E-state index in [1.165, 1.54) is 6.92 Å². The average molecular weight is 608 g/mol. The van der Waals surface area contributed by atoms with Gasteiger partial charge in [-0.2, -0.15) is 0 Å². The minimum atomic E-state index is -0.990. The van der Waals surface area contributed by atoms with Crippen LogP contribution < -0.4 is 4.74 Å². The highest BCUT2D eigenvalue weighted by molar-refractivity contribution is 6.31. The van der Waals surface area contributed by atoms with Gasteiger partial charge in [0, 0.05) is 37.0 Å². The zero-order valence-corrected chi connectivity index (χ0v) is 24.7. The van der Waals surface area contributed by atoms with E-state index in [9.17, 15) is 29.1 Å². The molecular formula is C32H34ClN3O7. The number of carboxylic acid groups (broad SMARTS) is 1. The summed E-state index contributed by atoms with van der Waals surface area (Å²) in [6.07, 6.45) is 3.13. The number of carboxylic acids is 1. The Balaban J connectivity index is 1.40. The van der Waals surface area contributed by atoms with E-state index < -0.39 is 35.7 Å². The van der Waals surface area contributed by atoms with Crippen LogP contribution in [0.2, 0.25) is 5.02 Å². The molecule has 2 aromatic rings. The molecule has 0 bridgehead atoms. The summed E-state index contributed by atoms with van der Waals surface area (Å²) in [5, 5.41) is 10.4. The van der Waals surface area contributed by atoms with Crippen molar-refractivity contribution in [2.24, 2.45) is 11.8 Å². The lowest BCUT2D eigenvalue weighted by Gasteiger charge is -2.42. The first-order valence-electron chi connectivity index (χ1n) is 14.9. The van der Waals surface area contributed by atoms with Gasteiger partial charge in [-0.05, 0) is 49.1 Å². The van der Waals surface area contributed by atoms with Crippen molar-refractivity contribution in [1.29, 1.82) is 0 Å². The number of imide groups is 1. The number of carbonyl (C=O) groups excluding carboxylic acids is 4. The molecule has 6 rings (SSSR count). The molecule has 1 saturated heterocycles. The topological polar surface area (TPSA) is 125 Å². The number of fused-ring (bicyclic) bond motifs is 2. The van der Waals surface area contributed by atoms with Gasteiger partial charge in [0.2, 0.25) is 11.8 Å². The maximum Gasteiger partial charge on any atom is 0.307 e. The fourth-order valence-corrected chi connectivity index (χ4v) is 7.40. The van der Waals surface area contributed by atoms with E-state index in [4.69, 9.17) is 16.3 Å². The first-order valence-corrected chi connectivity index (χ1v) is 15.3. The molecule has 3 aliphatic heterocycles. The quantitative estimate of drug-likeness (QED) is 0.493. The standard InChI is InChI=1S/C32H34ClN3O7/c1-18(37)34-14-12-19(16-34)43-27-11-10-25(33)24-13-15-35(29(38)22-8-4-5-9-23(22)32(41)42)26(28(24)27)17-36-30(39)20-6-2-3-7-21(20)31(36)40/h2-3,6-7,10-11,19,22-23,26H,4-5,8-9,12-17H2,1H3,(H,41,42)/t19?,22?,23?,26-/m1/s1. The Morgan fingerprint density at radius 1 is 0.953 bits per heavy atom. The van der Waals surface area contributed by atoms with Crippen LogP contribution in [-0.4, -0.2) is 81.7 Å². The lowest BCUT2D eigenvalue weighted by Crippen LogP contribution is -2.50. The second-order valence-electron chi connectivity index (χ2n) is 11.8. The number of likely N-dealkylation sites (tertiary alicyclic amines) is 1. The smallest absolute Gasteiger partial charge is 0.307 e. The first kappa shape index (κ1) is 29.2. The van der Waals surface area contributed by atoms with Gasteiger partial charge in [-0.1, -0.05) is 36.6 Å². The van der Waals surface area contributed by atoms with Crippen molar-refractivity contribution >= 4 is 41.2 Å². The highest BCUT2D eigenvalue weighted by Gasteiger charge is 2.45. The maximum atomic E-state index is 14.3. The predicted molar refractivity (Wildman–Crippen MR) is 156 cm³/mol. The number of hydrogen-bond donors (Lipinski definition) is 1. The number of aliphatic carboxylic acids is 1. The molecule has 1 saturated carbocycles. The van der Waals surface area contributed by atoms with Gasteiger partial charge in [0.15, 0.2) is 0 Å². The molecule has 1 aliphatic carbocycles. The Kier molecular flexibility index (Phi) is 7.89. The molecule has 4 amide bonds. The summed E-state index contributed by atoms with van der Waals surface area (Å²) in [4.78, 5) is 69.8. The molecule has 2 aromatic carbocycles. The van der Waals surface area contributed by atoms with E-state index in [1.54, 1.807) is 46.2 Å². The zero-order valence-electron chi connectivity index (χ0n) is 24.0. The normalized spacial score (nSPS) is 25.0. The van der Waals surface area contributed by atoms with Gasteiger partial charge in [0.1, 0.15) is 11.9 Å². The summed E-state index contributed by atoms with van der Waals surface area (Å²) in [5.74, 6) is -3.24. The van der Waals surface area contributed by atoms with Crippen molar-refractivity contribution in [3.05, 3.63) is 63.7 Å². The van der Waals surface area contributed by atoms with Crippen LogP contribution >= 0.6 is 11.6 Å². The Morgan fingerprint density at radius 3 is 2.26 bits per heavy atom. The van der Waals surface area contributed by atoms with Crippen molar-refractivity contribution in [3.63, 3.8) is 0 Å². The third kappa shape index (κ3) is 5.26. The molecule has 1 N–H and O–H groups in total. The lowest BCUT2D eigenvalue weighted by atomic mass is 9.77. The van der Waals surface area contributed by atoms with Gasteiger partial charge in [0.25, 0.3) is 11.8 Å². The van der Waals surface area contributed by atoms with Crippen molar-refractivity contribution in [1.82, 2.24) is 14.7 Å². The van der Waals surface area contributed by atoms with E-state index in [1.807, 2.05) is 0 Å². The summed E-state index contributed by atoms with van der Waals surface area (Å²) in [5.41, 5.74) is 1.99. The van der Waals surface area contributed by atoms with Gasteiger partial charge in [0.05, 0.1) is 42.1 Å². The van der Waals surface area contributed by atoms with E-state index >= 15 is 0 Å². The molecule has 3 heterocycles. The number of hydrogen-bond acceptors (Lipinski definition) is 6. The minimum Gasteiger partial charge on any atom is -0.488 e. The van der Waals surface area contributed by atoms with Gasteiger partial charge in [-0.25, -0.2) is 0 Å². The molecule has 0 radical (unpaired) electrons. The Morgan fingerprint density at radius 2 is 1.63 bits per heavy atom. The number of rotatable bonds is 6. The van der Waals surface area contributed by atoms with Crippen LogP contribution in [0.25, 0.3) is 0 Å². The van der Waals surface area contributed by atoms with E-state index in [0.29, 0.717) is 66.2 Å². The summed E-state index contributed by atoms with van der Waals surface area (Å²) in [6, 6.07) is 9.30. The molecular weight excluding hydrogens is 574 g/mol. The SMILES string of the molecule is CC(=O)N1CCC(Oc2ccc(Cl)c3c2[C@@H](CN2C(=O)c4ccccc4C2=O)N(C(=O)C2CCCCC2C(=O)O)CC3)C1. The largest absolute Gasteiger partial charge is 0.488 e. The van der Waals surface area contributed by atoms with Gasteiger partial charge in [-0.15, -0.1) is 0 Å². The Bertz CT molecular complexity index is 1470. The van der Waals surface area contributed by atoms with Gasteiger partial charge in [-0.3, -0.25) is 28.9 Å². The third-order valence-corrected chi connectivity index (χ3v) is 9.73. The Labute approximate surface area is 254 Å². The van der Waals surface area contributed by atoms with Gasteiger partial charge >= 0.3 is 5.97 Å². The van der Waals surface area contributed by atoms with Crippen LogP contribution in [0.4, 0.5) is 0 Å². The molecule has 4 atom stereocenters. The molecule has 0 aromatic heterocycles. The van der Waals surface area contributed by atoms with Crippen LogP contribution in [0.15, 0.2) is 36.4 Å². The monoisotopic (exact) mass is 607 g/mol. The number of benzene rings is 2. The van der Waals surface area contributed by atoms with E-state index in [2.05, 4.69) is 0 Å². The molecule has 4 aliphatic rings. The summed E-state index contributed by atoms with van der Waals surface area (Å²) in [7, 11) is 0. The molecule has 3 unspecified atom stereocenters. The molecule has 2 fully saturated rings. The highest BCUT2D eigenvalue weighted by Crippen LogP contribution is 2.44. The third-order valence-electron chi connectivity index (χ3n) is 9.37. The van der Waals surface area contributed by atoms with Crippen molar-refractivity contribution in [2.75, 3.05) is 26.2 Å². The molecule has 43 heavy (non-hydrogen) atoms. The van der Waals surface area contributed by atoms with Crippen LogP contribution in [0.5, 0.6) is 5.75 Å². The molecule has 10 nitrogen and oxygen atoms in total. The van der Waals surface area contributed by atoms with E-state index in [-0.39, 0.29) is 31.0 Å². The van der Waals surface area contributed by atoms with Crippen LogP contribution in [-0.2, 0) is 20.8 Å². The molecule has 11 heteroatoms. The van der Waals surface area contributed by atoms with E-state index in [0.717, 1.165) is 23.3 Å². The van der Waals surface area contributed by atoms with Crippen molar-refractivity contribution in [3.8, 4) is 5.75 Å². The average Bonchev–Trinajstić information content (AvgIpc) is 3.57. The number of carbonyl (C=O) groups is 5.